The maximum absolute atomic E-state index is 12.3. The van der Waals surface area contributed by atoms with Crippen LogP contribution in [0, 0.1) is 6.92 Å². The predicted octanol–water partition coefficient (Wildman–Crippen LogP) is 2.32. The molecule has 1 aromatic heterocycles. The van der Waals surface area contributed by atoms with Crippen LogP contribution in [0.2, 0.25) is 5.02 Å². The number of aryl methyl sites for hydroxylation is 1. The molecule has 0 radical (unpaired) electrons. The number of hydrogen-bond acceptors (Lipinski definition) is 3. The molecule has 1 aliphatic rings. The van der Waals surface area contributed by atoms with Crippen molar-refractivity contribution in [3.8, 4) is 0 Å². The van der Waals surface area contributed by atoms with E-state index in [-0.39, 0.29) is 5.91 Å². The smallest absolute Gasteiger partial charge is 0.275 e. The Morgan fingerprint density at radius 3 is 2.55 bits per heavy atom. The summed E-state index contributed by atoms with van der Waals surface area (Å²) < 4.78 is 0. The summed E-state index contributed by atoms with van der Waals surface area (Å²) in [5.74, 6) is -0.126. The van der Waals surface area contributed by atoms with Crippen molar-refractivity contribution in [3.63, 3.8) is 0 Å². The molecular weight excluding hydrogens is 276 g/mol. The molecule has 0 saturated heterocycles. The minimum Gasteiger partial charge on any atom is -0.339 e. The molecule has 0 bridgehead atoms. The van der Waals surface area contributed by atoms with Gasteiger partial charge in [0.1, 0.15) is 0 Å². The summed E-state index contributed by atoms with van der Waals surface area (Å²) in [7, 11) is 3.94. The molecule has 0 aromatic carbocycles. The zero-order valence-corrected chi connectivity index (χ0v) is 13.2. The lowest BCUT2D eigenvalue weighted by molar-refractivity contribution is 0.0769. The molecule has 0 atom stereocenters. The number of nitrogens with zero attached hydrogens (tertiary/aromatic N) is 3. The average molecular weight is 299 g/mol. The lowest BCUT2D eigenvalue weighted by atomic mass is 10.2. The van der Waals surface area contributed by atoms with Crippen molar-refractivity contribution >= 4 is 17.5 Å². The molecular formula is C14H23ClN4O. The van der Waals surface area contributed by atoms with Crippen LogP contribution in [0.3, 0.4) is 0 Å². The number of likely N-dealkylation sites (N-methyl/N-ethyl adjacent to an activating group) is 2. The van der Waals surface area contributed by atoms with E-state index < -0.39 is 0 Å². The summed E-state index contributed by atoms with van der Waals surface area (Å²) >= 11 is 6.06. The first-order valence-electron chi connectivity index (χ1n) is 7.17. The Balaban J connectivity index is 1.86. The van der Waals surface area contributed by atoms with Gasteiger partial charge >= 0.3 is 0 Å². The molecule has 1 fully saturated rings. The van der Waals surface area contributed by atoms with E-state index in [1.165, 1.54) is 25.7 Å². The van der Waals surface area contributed by atoms with Crippen LogP contribution in [0.4, 0.5) is 0 Å². The van der Waals surface area contributed by atoms with Crippen molar-refractivity contribution in [2.75, 3.05) is 27.2 Å². The van der Waals surface area contributed by atoms with Crippen LogP contribution in [0.1, 0.15) is 41.9 Å². The fourth-order valence-electron chi connectivity index (χ4n) is 2.67. The second kappa shape index (κ2) is 6.59. The summed E-state index contributed by atoms with van der Waals surface area (Å²) in [5.41, 5.74) is 1.04. The monoisotopic (exact) mass is 298 g/mol. The van der Waals surface area contributed by atoms with E-state index in [1.807, 2.05) is 0 Å². The van der Waals surface area contributed by atoms with Gasteiger partial charge in [-0.15, -0.1) is 0 Å². The standard InChI is InChI=1S/C14H23ClN4O/c1-10-12(15)13(17-16-10)14(20)19(3)9-8-18(2)11-6-4-5-7-11/h11H,4-9H2,1-3H3,(H,16,17). The number of H-pyrrole nitrogens is 1. The van der Waals surface area contributed by atoms with Gasteiger partial charge < -0.3 is 9.80 Å². The van der Waals surface area contributed by atoms with Crippen molar-refractivity contribution in [2.24, 2.45) is 0 Å². The minimum absolute atomic E-state index is 0.126. The second-order valence-corrected chi connectivity index (χ2v) is 6.03. The summed E-state index contributed by atoms with van der Waals surface area (Å²) in [6, 6.07) is 0.676. The third kappa shape index (κ3) is 3.33. The van der Waals surface area contributed by atoms with Gasteiger partial charge in [0.05, 0.1) is 10.7 Å². The number of carbonyl (C=O) groups is 1. The highest BCUT2D eigenvalue weighted by Gasteiger charge is 2.22. The van der Waals surface area contributed by atoms with Crippen molar-refractivity contribution < 1.29 is 4.79 Å². The highest BCUT2D eigenvalue weighted by atomic mass is 35.5. The highest BCUT2D eigenvalue weighted by molar-refractivity contribution is 6.34. The van der Waals surface area contributed by atoms with E-state index in [4.69, 9.17) is 11.6 Å². The average Bonchev–Trinajstić information content (AvgIpc) is 3.07. The Morgan fingerprint density at radius 2 is 2.00 bits per heavy atom. The largest absolute Gasteiger partial charge is 0.339 e. The second-order valence-electron chi connectivity index (χ2n) is 5.66. The fourth-order valence-corrected chi connectivity index (χ4v) is 2.84. The molecule has 1 amide bonds. The zero-order chi connectivity index (χ0) is 14.7. The maximum atomic E-state index is 12.3. The van der Waals surface area contributed by atoms with Crippen LogP contribution in [0.5, 0.6) is 0 Å². The molecule has 112 valence electrons. The van der Waals surface area contributed by atoms with Gasteiger partial charge in [0.2, 0.25) is 0 Å². The molecule has 0 spiro atoms. The van der Waals surface area contributed by atoms with Crippen molar-refractivity contribution in [1.82, 2.24) is 20.0 Å². The molecule has 20 heavy (non-hydrogen) atoms. The van der Waals surface area contributed by atoms with Gasteiger partial charge in [-0.1, -0.05) is 24.4 Å². The Kier molecular flexibility index (Phi) is 5.05. The maximum Gasteiger partial charge on any atom is 0.275 e. The molecule has 0 unspecified atom stereocenters. The van der Waals surface area contributed by atoms with Crippen LogP contribution < -0.4 is 0 Å². The molecule has 1 N–H and O–H groups in total. The fraction of sp³-hybridized carbons (Fsp3) is 0.714. The number of amides is 1. The molecule has 1 aromatic rings. The topological polar surface area (TPSA) is 52.2 Å². The minimum atomic E-state index is -0.126. The third-order valence-corrected chi connectivity index (χ3v) is 4.62. The lowest BCUT2D eigenvalue weighted by Crippen LogP contribution is -2.38. The molecule has 0 aliphatic heterocycles. The molecule has 1 heterocycles. The molecule has 6 heteroatoms. The molecule has 2 rings (SSSR count). The number of rotatable bonds is 5. The van der Waals surface area contributed by atoms with Crippen LogP contribution in [-0.4, -0.2) is 59.1 Å². The van der Waals surface area contributed by atoms with Gasteiger partial charge in [-0.05, 0) is 26.8 Å². The van der Waals surface area contributed by atoms with Crippen molar-refractivity contribution in [1.29, 1.82) is 0 Å². The Bertz CT molecular complexity index is 468. The van der Waals surface area contributed by atoms with Gasteiger partial charge in [-0.25, -0.2) is 0 Å². The van der Waals surface area contributed by atoms with Crippen molar-refractivity contribution in [3.05, 3.63) is 16.4 Å². The van der Waals surface area contributed by atoms with Gasteiger partial charge in [-0.3, -0.25) is 9.89 Å². The molecule has 5 nitrogen and oxygen atoms in total. The summed E-state index contributed by atoms with van der Waals surface area (Å²) in [4.78, 5) is 16.3. The first-order valence-corrected chi connectivity index (χ1v) is 7.54. The Morgan fingerprint density at radius 1 is 1.35 bits per heavy atom. The van der Waals surface area contributed by atoms with E-state index in [1.54, 1.807) is 18.9 Å². The van der Waals surface area contributed by atoms with Gasteiger partial charge in [0.15, 0.2) is 5.69 Å². The van der Waals surface area contributed by atoms with Gasteiger partial charge in [0, 0.05) is 26.2 Å². The van der Waals surface area contributed by atoms with Crippen LogP contribution >= 0.6 is 11.6 Å². The first kappa shape index (κ1) is 15.3. The summed E-state index contributed by atoms with van der Waals surface area (Å²) in [6.45, 7) is 3.38. The summed E-state index contributed by atoms with van der Waals surface area (Å²) in [6.07, 6.45) is 5.20. The van der Waals surface area contributed by atoms with E-state index >= 15 is 0 Å². The number of nitrogens with one attached hydrogen (secondary N) is 1. The number of aromatic nitrogens is 2. The zero-order valence-electron chi connectivity index (χ0n) is 12.4. The van der Waals surface area contributed by atoms with E-state index in [0.29, 0.717) is 23.3 Å². The lowest BCUT2D eigenvalue weighted by Gasteiger charge is -2.26. The number of halogens is 1. The van der Waals surface area contributed by atoms with E-state index in [2.05, 4.69) is 22.1 Å². The highest BCUT2D eigenvalue weighted by Crippen LogP contribution is 2.22. The third-order valence-electron chi connectivity index (χ3n) is 4.16. The SMILES string of the molecule is Cc1[nH]nc(C(=O)N(C)CCN(C)C2CCCC2)c1Cl. The molecule has 1 saturated carbocycles. The Hall–Kier alpha value is -1.07. The van der Waals surface area contributed by atoms with E-state index in [0.717, 1.165) is 12.2 Å². The number of aromatic amines is 1. The van der Waals surface area contributed by atoms with Crippen LogP contribution in [0.15, 0.2) is 0 Å². The number of hydrogen-bond donors (Lipinski definition) is 1. The predicted molar refractivity (Wildman–Crippen MR) is 80.2 cm³/mol. The van der Waals surface area contributed by atoms with E-state index in [9.17, 15) is 4.79 Å². The van der Waals surface area contributed by atoms with Crippen LogP contribution in [-0.2, 0) is 0 Å². The van der Waals surface area contributed by atoms with Crippen molar-refractivity contribution in [2.45, 2.75) is 38.6 Å². The first-order chi connectivity index (χ1) is 9.50. The number of carbonyl (C=O) groups excluding carboxylic acids is 1. The summed E-state index contributed by atoms with van der Waals surface area (Å²) in [5, 5.41) is 7.14. The van der Waals surface area contributed by atoms with Gasteiger partial charge in [0.25, 0.3) is 5.91 Å². The quantitative estimate of drug-likeness (QED) is 0.907. The van der Waals surface area contributed by atoms with Gasteiger partial charge in [-0.2, -0.15) is 5.10 Å². The van der Waals surface area contributed by atoms with Crippen LogP contribution in [0.25, 0.3) is 0 Å². The Labute approximate surface area is 125 Å². The molecule has 1 aliphatic carbocycles. The normalized spacial score (nSPS) is 16.1.